The normalized spacial score (nSPS) is 14.8. The van der Waals surface area contributed by atoms with Crippen LogP contribution in [-0.2, 0) is 11.3 Å². The molecule has 0 spiro atoms. The summed E-state index contributed by atoms with van der Waals surface area (Å²) in [4.78, 5) is 31.3. The van der Waals surface area contributed by atoms with Gasteiger partial charge in [0, 0.05) is 28.4 Å². The molecule has 0 aromatic carbocycles. The second kappa shape index (κ2) is 7.87. The zero-order valence-corrected chi connectivity index (χ0v) is 16.3. The molecule has 9 heteroatoms. The minimum Gasteiger partial charge on any atom is -0.350 e. The van der Waals surface area contributed by atoms with Gasteiger partial charge in [0.15, 0.2) is 0 Å². The van der Waals surface area contributed by atoms with Crippen LogP contribution in [0.15, 0.2) is 34.0 Å². The van der Waals surface area contributed by atoms with Crippen LogP contribution in [0, 0.1) is 5.92 Å². The highest BCUT2D eigenvalue weighted by Gasteiger charge is 2.31. The first-order valence-corrected chi connectivity index (χ1v) is 9.93. The number of hydrogen-bond donors (Lipinski definition) is 2. The lowest BCUT2D eigenvalue weighted by Gasteiger charge is -2.16. The van der Waals surface area contributed by atoms with Crippen molar-refractivity contribution < 1.29 is 4.79 Å². The van der Waals surface area contributed by atoms with Gasteiger partial charge in [-0.25, -0.2) is 4.98 Å². The number of rotatable bonds is 6. The molecule has 3 heterocycles. The molecule has 1 fully saturated rings. The van der Waals surface area contributed by atoms with Gasteiger partial charge in [0.2, 0.25) is 5.91 Å². The summed E-state index contributed by atoms with van der Waals surface area (Å²) in [5, 5.41) is 7.45. The fourth-order valence-electron chi connectivity index (χ4n) is 2.97. The Labute approximate surface area is 164 Å². The quantitative estimate of drug-likeness (QED) is 0.653. The van der Waals surface area contributed by atoms with Crippen molar-refractivity contribution in [1.82, 2.24) is 14.9 Å². The van der Waals surface area contributed by atoms with E-state index in [1.54, 1.807) is 11.3 Å². The molecule has 6 nitrogen and oxygen atoms in total. The first-order chi connectivity index (χ1) is 12.2. The van der Waals surface area contributed by atoms with Gasteiger partial charge in [-0.3, -0.25) is 14.2 Å². The number of nitrogens with two attached hydrogens (primary N) is 1. The predicted molar refractivity (Wildman–Crippen MR) is 108 cm³/mol. The zero-order chi connectivity index (χ0) is 17.4. The third kappa shape index (κ3) is 3.68. The maximum Gasteiger partial charge on any atom is 0.263 e. The van der Waals surface area contributed by atoms with Gasteiger partial charge < -0.3 is 11.1 Å². The van der Waals surface area contributed by atoms with Crippen LogP contribution in [0.5, 0.6) is 0 Å². The second-order valence-corrected chi connectivity index (χ2v) is 8.04. The minimum absolute atomic E-state index is 0. The number of nitrogens with zero attached hydrogens (tertiary/aromatic N) is 2. The van der Waals surface area contributed by atoms with Crippen molar-refractivity contribution >= 4 is 51.2 Å². The maximum absolute atomic E-state index is 12.9. The highest BCUT2D eigenvalue weighted by atomic mass is 35.5. The SMILES string of the molecule is Cl.NCC(NC(=O)Cn1cnc2scc(-c3cccs3)c2c1=O)C1CC1. The highest BCUT2D eigenvalue weighted by Crippen LogP contribution is 2.33. The number of aromatic nitrogens is 2. The summed E-state index contributed by atoms with van der Waals surface area (Å²) in [5.41, 5.74) is 6.44. The topological polar surface area (TPSA) is 90.0 Å². The number of amides is 1. The highest BCUT2D eigenvalue weighted by molar-refractivity contribution is 7.18. The average Bonchev–Trinajstić information content (AvgIpc) is 3.13. The van der Waals surface area contributed by atoms with Gasteiger partial charge in [0.25, 0.3) is 5.56 Å². The fraction of sp³-hybridized carbons (Fsp3) is 0.353. The van der Waals surface area contributed by atoms with E-state index >= 15 is 0 Å². The van der Waals surface area contributed by atoms with E-state index in [9.17, 15) is 9.59 Å². The number of nitrogens with one attached hydrogen (secondary N) is 1. The van der Waals surface area contributed by atoms with Crippen LogP contribution in [0.1, 0.15) is 12.8 Å². The molecule has 0 radical (unpaired) electrons. The average molecular weight is 411 g/mol. The molecule has 3 aromatic heterocycles. The predicted octanol–water partition coefficient (Wildman–Crippen LogP) is 2.46. The Hall–Kier alpha value is -1.74. The molecule has 1 amide bonds. The van der Waals surface area contributed by atoms with Crippen molar-refractivity contribution in [3.05, 3.63) is 39.6 Å². The third-order valence-corrected chi connectivity index (χ3v) is 6.24. The summed E-state index contributed by atoms with van der Waals surface area (Å²) >= 11 is 3.03. The Kier molecular flexibility index (Phi) is 5.76. The Morgan fingerprint density at radius 2 is 2.23 bits per heavy atom. The monoisotopic (exact) mass is 410 g/mol. The van der Waals surface area contributed by atoms with E-state index in [0.29, 0.717) is 22.7 Å². The first kappa shape index (κ1) is 19.0. The summed E-state index contributed by atoms with van der Waals surface area (Å²) < 4.78 is 1.38. The van der Waals surface area contributed by atoms with Gasteiger partial charge >= 0.3 is 0 Å². The number of hydrogen-bond acceptors (Lipinski definition) is 6. The molecule has 3 N–H and O–H groups in total. The Morgan fingerprint density at radius 3 is 2.88 bits per heavy atom. The summed E-state index contributed by atoms with van der Waals surface area (Å²) in [6.07, 6.45) is 3.66. The lowest BCUT2D eigenvalue weighted by Crippen LogP contribution is -2.44. The summed E-state index contributed by atoms with van der Waals surface area (Å²) in [6, 6.07) is 3.94. The summed E-state index contributed by atoms with van der Waals surface area (Å²) in [7, 11) is 0. The first-order valence-electron chi connectivity index (χ1n) is 8.17. The number of thiophene rings is 2. The van der Waals surface area contributed by atoms with Crippen LogP contribution in [-0.4, -0.2) is 28.0 Å². The molecule has 1 saturated carbocycles. The van der Waals surface area contributed by atoms with Crippen LogP contribution < -0.4 is 16.6 Å². The molecule has 26 heavy (non-hydrogen) atoms. The van der Waals surface area contributed by atoms with Gasteiger partial charge in [-0.2, -0.15) is 0 Å². The Morgan fingerprint density at radius 1 is 1.42 bits per heavy atom. The lowest BCUT2D eigenvalue weighted by atomic mass is 10.2. The van der Waals surface area contributed by atoms with E-state index in [0.717, 1.165) is 23.3 Å². The number of carbonyl (C=O) groups excluding carboxylic acids is 1. The number of fused-ring (bicyclic) bond motifs is 1. The lowest BCUT2D eigenvalue weighted by molar-refractivity contribution is -0.122. The molecular formula is C17H19ClN4O2S2. The van der Waals surface area contributed by atoms with Crippen LogP contribution in [0.3, 0.4) is 0 Å². The Bertz CT molecular complexity index is 963. The molecular weight excluding hydrogens is 392 g/mol. The third-order valence-electron chi connectivity index (χ3n) is 4.45. The zero-order valence-electron chi connectivity index (χ0n) is 13.9. The molecule has 1 aliphatic rings. The van der Waals surface area contributed by atoms with Crippen LogP contribution in [0.25, 0.3) is 20.7 Å². The molecule has 1 aliphatic carbocycles. The van der Waals surface area contributed by atoms with E-state index in [1.807, 2.05) is 22.9 Å². The van der Waals surface area contributed by atoms with Crippen LogP contribution in [0.4, 0.5) is 0 Å². The van der Waals surface area contributed by atoms with Gasteiger partial charge in [0.05, 0.1) is 11.7 Å². The molecule has 138 valence electrons. The van der Waals surface area contributed by atoms with Crippen molar-refractivity contribution in [2.45, 2.75) is 25.4 Å². The fourth-order valence-corrected chi connectivity index (χ4v) is 4.69. The van der Waals surface area contributed by atoms with Crippen molar-refractivity contribution in [2.24, 2.45) is 11.7 Å². The van der Waals surface area contributed by atoms with E-state index in [2.05, 4.69) is 10.3 Å². The van der Waals surface area contributed by atoms with Crippen molar-refractivity contribution in [2.75, 3.05) is 6.54 Å². The molecule has 0 saturated heterocycles. The van der Waals surface area contributed by atoms with Gasteiger partial charge in [-0.1, -0.05) is 6.07 Å². The molecule has 3 aromatic rings. The van der Waals surface area contributed by atoms with E-state index in [-0.39, 0.29) is 36.5 Å². The van der Waals surface area contributed by atoms with Crippen molar-refractivity contribution in [3.8, 4) is 10.4 Å². The number of halogens is 1. The largest absolute Gasteiger partial charge is 0.350 e. The van der Waals surface area contributed by atoms with E-state index < -0.39 is 0 Å². The van der Waals surface area contributed by atoms with E-state index in [1.165, 1.54) is 22.2 Å². The molecule has 0 aliphatic heterocycles. The van der Waals surface area contributed by atoms with Gasteiger partial charge in [-0.05, 0) is 30.2 Å². The van der Waals surface area contributed by atoms with Crippen molar-refractivity contribution in [3.63, 3.8) is 0 Å². The summed E-state index contributed by atoms with van der Waals surface area (Å²) in [5.74, 6) is 0.284. The van der Waals surface area contributed by atoms with E-state index in [4.69, 9.17) is 5.73 Å². The molecule has 1 atom stereocenters. The Balaban J connectivity index is 0.00000196. The molecule has 0 bridgehead atoms. The van der Waals surface area contributed by atoms with Gasteiger partial charge in [0.1, 0.15) is 11.4 Å². The summed E-state index contributed by atoms with van der Waals surface area (Å²) in [6.45, 7) is 0.389. The standard InChI is InChI=1S/C17H18N4O2S2.ClH/c18-6-12(10-3-4-10)20-14(22)7-21-9-19-16-15(17(21)23)11(8-25-16)13-2-1-5-24-13;/h1-2,5,8-10,12H,3-4,6-7,18H2,(H,20,22);1H. The molecule has 1 unspecified atom stereocenters. The maximum atomic E-state index is 12.9. The van der Waals surface area contributed by atoms with Crippen molar-refractivity contribution in [1.29, 1.82) is 0 Å². The number of carbonyl (C=O) groups is 1. The minimum atomic E-state index is -0.196. The smallest absolute Gasteiger partial charge is 0.263 e. The second-order valence-electron chi connectivity index (χ2n) is 6.23. The van der Waals surface area contributed by atoms with Gasteiger partial charge in [-0.15, -0.1) is 35.1 Å². The molecule has 4 rings (SSSR count). The van der Waals surface area contributed by atoms with Crippen LogP contribution in [0.2, 0.25) is 0 Å². The van der Waals surface area contributed by atoms with Crippen LogP contribution >= 0.6 is 35.1 Å².